The van der Waals surface area contributed by atoms with E-state index in [2.05, 4.69) is 63.9 Å². The summed E-state index contributed by atoms with van der Waals surface area (Å²) >= 11 is 0. The third-order valence-electron chi connectivity index (χ3n) is 3.31. The van der Waals surface area contributed by atoms with Crippen LogP contribution >= 0.6 is 0 Å². The molecular formula is C16H29N3. The van der Waals surface area contributed by atoms with Crippen molar-refractivity contribution in [2.45, 2.75) is 54.1 Å². The Hall–Kier alpha value is -1.09. The maximum absolute atomic E-state index is 4.75. The number of rotatable bonds is 7. The second kappa shape index (κ2) is 7.49. The molecule has 1 aromatic rings. The van der Waals surface area contributed by atoms with Crippen LogP contribution in [-0.4, -0.2) is 24.1 Å². The highest BCUT2D eigenvalue weighted by Crippen LogP contribution is 2.17. The SMILES string of the molecule is CCN(c1ccc(CNCC(C)C)c(C)n1)C(C)C. The van der Waals surface area contributed by atoms with Crippen LogP contribution in [0.3, 0.4) is 0 Å². The summed E-state index contributed by atoms with van der Waals surface area (Å²) in [5.41, 5.74) is 2.43. The van der Waals surface area contributed by atoms with Crippen molar-refractivity contribution in [1.82, 2.24) is 10.3 Å². The normalized spacial score (nSPS) is 11.4. The lowest BCUT2D eigenvalue weighted by Crippen LogP contribution is -2.31. The molecule has 0 radical (unpaired) electrons. The molecule has 108 valence electrons. The number of nitrogens with zero attached hydrogens (tertiary/aromatic N) is 2. The minimum absolute atomic E-state index is 0.488. The third kappa shape index (κ3) is 4.83. The van der Waals surface area contributed by atoms with Gasteiger partial charge in [-0.15, -0.1) is 0 Å². The van der Waals surface area contributed by atoms with Gasteiger partial charge in [-0.25, -0.2) is 4.98 Å². The van der Waals surface area contributed by atoms with Crippen molar-refractivity contribution < 1.29 is 0 Å². The molecule has 0 fully saturated rings. The molecule has 1 aromatic heterocycles. The second-order valence-electron chi connectivity index (χ2n) is 5.82. The Balaban J connectivity index is 2.73. The Morgan fingerprint density at radius 1 is 1.21 bits per heavy atom. The Bertz CT molecular complexity index is 386. The minimum atomic E-state index is 0.488. The van der Waals surface area contributed by atoms with E-state index in [1.54, 1.807) is 0 Å². The van der Waals surface area contributed by atoms with Gasteiger partial charge in [0.15, 0.2) is 0 Å². The summed E-state index contributed by atoms with van der Waals surface area (Å²) in [7, 11) is 0. The quantitative estimate of drug-likeness (QED) is 0.817. The van der Waals surface area contributed by atoms with E-state index < -0.39 is 0 Å². The number of pyridine rings is 1. The molecule has 1 rings (SSSR count). The van der Waals surface area contributed by atoms with E-state index >= 15 is 0 Å². The van der Waals surface area contributed by atoms with Crippen LogP contribution in [-0.2, 0) is 6.54 Å². The van der Waals surface area contributed by atoms with Crippen molar-refractivity contribution in [3.63, 3.8) is 0 Å². The lowest BCUT2D eigenvalue weighted by Gasteiger charge is -2.27. The van der Waals surface area contributed by atoms with Gasteiger partial charge in [-0.05, 0) is 51.8 Å². The van der Waals surface area contributed by atoms with Crippen LogP contribution < -0.4 is 10.2 Å². The number of hydrogen-bond acceptors (Lipinski definition) is 3. The highest BCUT2D eigenvalue weighted by molar-refractivity contribution is 5.42. The van der Waals surface area contributed by atoms with E-state index in [-0.39, 0.29) is 0 Å². The fourth-order valence-corrected chi connectivity index (χ4v) is 2.21. The molecule has 0 bridgehead atoms. The molecule has 1 N–H and O–H groups in total. The van der Waals surface area contributed by atoms with Gasteiger partial charge < -0.3 is 10.2 Å². The van der Waals surface area contributed by atoms with Gasteiger partial charge in [0, 0.05) is 24.8 Å². The molecule has 0 aliphatic carbocycles. The average molecular weight is 263 g/mol. The van der Waals surface area contributed by atoms with E-state index in [1.165, 1.54) is 5.56 Å². The molecule has 19 heavy (non-hydrogen) atoms. The Morgan fingerprint density at radius 2 is 1.89 bits per heavy atom. The van der Waals surface area contributed by atoms with E-state index in [0.29, 0.717) is 12.0 Å². The predicted molar refractivity (Wildman–Crippen MR) is 83.7 cm³/mol. The zero-order chi connectivity index (χ0) is 14.4. The first-order chi connectivity index (χ1) is 8.95. The van der Waals surface area contributed by atoms with Crippen molar-refractivity contribution in [2.75, 3.05) is 18.0 Å². The first kappa shape index (κ1) is 16.0. The molecule has 1 heterocycles. The van der Waals surface area contributed by atoms with Gasteiger partial charge >= 0.3 is 0 Å². The summed E-state index contributed by atoms with van der Waals surface area (Å²) in [6, 6.07) is 4.83. The van der Waals surface area contributed by atoms with Crippen molar-refractivity contribution in [3.05, 3.63) is 23.4 Å². The largest absolute Gasteiger partial charge is 0.354 e. The Morgan fingerprint density at radius 3 is 2.37 bits per heavy atom. The molecule has 3 heteroatoms. The summed E-state index contributed by atoms with van der Waals surface area (Å²) in [5.74, 6) is 1.77. The van der Waals surface area contributed by atoms with Crippen LogP contribution in [0.1, 0.15) is 45.9 Å². The van der Waals surface area contributed by atoms with Gasteiger partial charge in [0.05, 0.1) is 0 Å². The van der Waals surface area contributed by atoms with Crippen LogP contribution in [0.2, 0.25) is 0 Å². The van der Waals surface area contributed by atoms with Crippen LogP contribution in [0.25, 0.3) is 0 Å². The predicted octanol–water partition coefficient (Wildman–Crippen LogP) is 3.37. The maximum atomic E-state index is 4.75. The van der Waals surface area contributed by atoms with Gasteiger partial charge in [-0.2, -0.15) is 0 Å². The fraction of sp³-hybridized carbons (Fsp3) is 0.688. The summed E-state index contributed by atoms with van der Waals surface area (Å²) < 4.78 is 0. The van der Waals surface area contributed by atoms with E-state index in [4.69, 9.17) is 4.98 Å². The second-order valence-corrected chi connectivity index (χ2v) is 5.82. The smallest absolute Gasteiger partial charge is 0.129 e. The summed E-state index contributed by atoms with van der Waals surface area (Å²) in [6.07, 6.45) is 0. The van der Waals surface area contributed by atoms with Gasteiger partial charge in [0.25, 0.3) is 0 Å². The average Bonchev–Trinajstić information content (AvgIpc) is 2.32. The molecule has 0 atom stereocenters. The number of anilines is 1. The standard InChI is InChI=1S/C16H29N3/c1-7-19(13(4)5)16-9-8-15(14(6)18-16)11-17-10-12(2)3/h8-9,12-13,17H,7,10-11H2,1-6H3. The lowest BCUT2D eigenvalue weighted by atomic mass is 10.1. The lowest BCUT2D eigenvalue weighted by molar-refractivity contribution is 0.550. The van der Waals surface area contributed by atoms with Crippen LogP contribution in [0, 0.1) is 12.8 Å². The highest BCUT2D eigenvalue weighted by Gasteiger charge is 2.11. The molecule has 0 saturated carbocycles. The topological polar surface area (TPSA) is 28.2 Å². The first-order valence-electron chi connectivity index (χ1n) is 7.39. The van der Waals surface area contributed by atoms with Crippen molar-refractivity contribution in [3.8, 4) is 0 Å². The zero-order valence-corrected chi connectivity index (χ0v) is 13.3. The molecular weight excluding hydrogens is 234 g/mol. The number of nitrogens with one attached hydrogen (secondary N) is 1. The molecule has 3 nitrogen and oxygen atoms in total. The molecule has 0 aliphatic rings. The number of hydrogen-bond donors (Lipinski definition) is 1. The molecule has 0 aliphatic heterocycles. The maximum Gasteiger partial charge on any atom is 0.129 e. The molecule has 0 spiro atoms. The first-order valence-corrected chi connectivity index (χ1v) is 7.39. The van der Waals surface area contributed by atoms with E-state index in [0.717, 1.165) is 31.1 Å². The zero-order valence-electron chi connectivity index (χ0n) is 13.3. The van der Waals surface area contributed by atoms with Crippen LogP contribution in [0.5, 0.6) is 0 Å². The molecule has 0 unspecified atom stereocenters. The summed E-state index contributed by atoms with van der Waals surface area (Å²) in [4.78, 5) is 7.07. The molecule has 0 amide bonds. The van der Waals surface area contributed by atoms with E-state index in [1.807, 2.05) is 0 Å². The number of aromatic nitrogens is 1. The summed E-state index contributed by atoms with van der Waals surface area (Å²) in [5, 5.41) is 3.47. The van der Waals surface area contributed by atoms with Gasteiger partial charge in [0.1, 0.15) is 5.82 Å². The van der Waals surface area contributed by atoms with Crippen molar-refractivity contribution in [1.29, 1.82) is 0 Å². The van der Waals surface area contributed by atoms with Crippen molar-refractivity contribution >= 4 is 5.82 Å². The van der Waals surface area contributed by atoms with Gasteiger partial charge in [-0.3, -0.25) is 0 Å². The Kier molecular flexibility index (Phi) is 6.29. The Labute approximate surface area is 118 Å². The van der Waals surface area contributed by atoms with Gasteiger partial charge in [-0.1, -0.05) is 19.9 Å². The third-order valence-corrected chi connectivity index (χ3v) is 3.31. The molecule has 0 aromatic carbocycles. The van der Waals surface area contributed by atoms with Crippen LogP contribution in [0.4, 0.5) is 5.82 Å². The monoisotopic (exact) mass is 263 g/mol. The minimum Gasteiger partial charge on any atom is -0.354 e. The summed E-state index contributed by atoms with van der Waals surface area (Å²) in [6.45, 7) is 16.1. The van der Waals surface area contributed by atoms with Crippen LogP contribution in [0.15, 0.2) is 12.1 Å². The fourth-order valence-electron chi connectivity index (χ4n) is 2.21. The van der Waals surface area contributed by atoms with Gasteiger partial charge in [0.2, 0.25) is 0 Å². The van der Waals surface area contributed by atoms with Crippen molar-refractivity contribution in [2.24, 2.45) is 5.92 Å². The molecule has 0 saturated heterocycles. The number of aryl methyl sites for hydroxylation is 1. The van der Waals surface area contributed by atoms with E-state index in [9.17, 15) is 0 Å². The highest BCUT2D eigenvalue weighted by atomic mass is 15.2.